The molecular weight excluding hydrogens is 276 g/mol. The van der Waals surface area contributed by atoms with Crippen LogP contribution in [-0.2, 0) is 17.3 Å². The van der Waals surface area contributed by atoms with Crippen LogP contribution in [0.3, 0.4) is 0 Å². The summed E-state index contributed by atoms with van der Waals surface area (Å²) in [5.41, 5.74) is 3.20. The topological polar surface area (TPSA) is 55.1 Å². The standard InChI is InChI=1S/C18H24N2O2/c1-18(2,3)17-19-14-9-12(7-8-15(14)20(17)4)13(10-16(21)22)11-5-6-11/h7-9,11,13H,5-6,10H2,1-4H3,(H,21,22). The quantitative estimate of drug-likeness (QED) is 0.933. The van der Waals surface area contributed by atoms with E-state index in [-0.39, 0.29) is 17.8 Å². The highest BCUT2D eigenvalue weighted by atomic mass is 16.4. The third-order valence-electron chi connectivity index (χ3n) is 4.59. The number of benzene rings is 1. The van der Waals surface area contributed by atoms with Crippen molar-refractivity contribution in [3.8, 4) is 0 Å². The molecule has 22 heavy (non-hydrogen) atoms. The number of aromatic nitrogens is 2. The number of fused-ring (bicyclic) bond motifs is 1. The molecule has 1 atom stereocenters. The summed E-state index contributed by atoms with van der Waals surface area (Å²) in [6, 6.07) is 6.27. The second-order valence-electron chi connectivity index (χ2n) is 7.53. The lowest BCUT2D eigenvalue weighted by Gasteiger charge is -2.17. The number of carbonyl (C=O) groups is 1. The Labute approximate surface area is 131 Å². The van der Waals surface area contributed by atoms with Crippen molar-refractivity contribution in [1.82, 2.24) is 9.55 Å². The van der Waals surface area contributed by atoms with Crippen molar-refractivity contribution >= 4 is 17.0 Å². The lowest BCUT2D eigenvalue weighted by molar-refractivity contribution is -0.137. The minimum absolute atomic E-state index is 0.00904. The molecule has 4 nitrogen and oxygen atoms in total. The average molecular weight is 300 g/mol. The van der Waals surface area contributed by atoms with E-state index in [1.807, 2.05) is 7.05 Å². The molecule has 4 heteroatoms. The summed E-state index contributed by atoms with van der Waals surface area (Å²) in [7, 11) is 2.05. The van der Waals surface area contributed by atoms with E-state index in [4.69, 9.17) is 4.98 Å². The van der Waals surface area contributed by atoms with Gasteiger partial charge < -0.3 is 9.67 Å². The van der Waals surface area contributed by atoms with Crippen molar-refractivity contribution in [3.05, 3.63) is 29.6 Å². The monoisotopic (exact) mass is 300 g/mol. The van der Waals surface area contributed by atoms with Crippen LogP contribution in [0.2, 0.25) is 0 Å². The zero-order valence-corrected chi connectivity index (χ0v) is 13.8. The Balaban J connectivity index is 2.04. The van der Waals surface area contributed by atoms with Crippen LogP contribution < -0.4 is 0 Å². The summed E-state index contributed by atoms with van der Waals surface area (Å²) in [5.74, 6) is 0.996. The minimum Gasteiger partial charge on any atom is -0.481 e. The zero-order valence-electron chi connectivity index (χ0n) is 13.8. The van der Waals surface area contributed by atoms with Gasteiger partial charge in [-0.3, -0.25) is 4.79 Å². The number of imidazole rings is 1. The molecule has 0 saturated heterocycles. The fourth-order valence-electron chi connectivity index (χ4n) is 3.36. The first-order valence-electron chi connectivity index (χ1n) is 7.96. The molecule has 1 unspecified atom stereocenters. The van der Waals surface area contributed by atoms with Gasteiger partial charge in [-0.15, -0.1) is 0 Å². The van der Waals surface area contributed by atoms with E-state index in [9.17, 15) is 9.90 Å². The normalized spacial score (nSPS) is 16.9. The molecule has 0 spiro atoms. The van der Waals surface area contributed by atoms with Gasteiger partial charge in [0.2, 0.25) is 0 Å². The SMILES string of the molecule is Cn1c(C(C)(C)C)nc2cc(C(CC(=O)O)C3CC3)ccc21. The average Bonchev–Trinajstić information content (AvgIpc) is 3.19. The minimum atomic E-state index is -0.714. The van der Waals surface area contributed by atoms with Gasteiger partial charge in [-0.2, -0.15) is 0 Å². The van der Waals surface area contributed by atoms with Gasteiger partial charge >= 0.3 is 5.97 Å². The summed E-state index contributed by atoms with van der Waals surface area (Å²) in [6.07, 6.45) is 2.51. The van der Waals surface area contributed by atoms with Gasteiger partial charge in [-0.05, 0) is 42.4 Å². The number of nitrogens with zero attached hydrogens (tertiary/aromatic N) is 2. The molecule has 0 radical (unpaired) electrons. The largest absolute Gasteiger partial charge is 0.481 e. The van der Waals surface area contributed by atoms with Gasteiger partial charge in [0, 0.05) is 12.5 Å². The van der Waals surface area contributed by atoms with Crippen molar-refractivity contribution < 1.29 is 9.90 Å². The van der Waals surface area contributed by atoms with E-state index in [1.165, 1.54) is 0 Å². The Morgan fingerprint density at radius 3 is 2.64 bits per heavy atom. The predicted molar refractivity (Wildman–Crippen MR) is 87.1 cm³/mol. The number of rotatable bonds is 4. The zero-order chi connectivity index (χ0) is 16.1. The highest BCUT2D eigenvalue weighted by Gasteiger charge is 2.34. The Kier molecular flexibility index (Phi) is 3.50. The molecule has 1 aromatic carbocycles. The molecule has 1 aliphatic rings. The molecular formula is C18H24N2O2. The van der Waals surface area contributed by atoms with Crippen LogP contribution >= 0.6 is 0 Å². The number of aryl methyl sites for hydroxylation is 1. The first-order valence-corrected chi connectivity index (χ1v) is 7.96. The summed E-state index contributed by atoms with van der Waals surface area (Å²) >= 11 is 0. The molecule has 1 saturated carbocycles. The van der Waals surface area contributed by atoms with Crippen LogP contribution in [0.5, 0.6) is 0 Å². The molecule has 1 N–H and O–H groups in total. The van der Waals surface area contributed by atoms with Crippen LogP contribution in [0.15, 0.2) is 18.2 Å². The Bertz CT molecular complexity index is 720. The van der Waals surface area contributed by atoms with E-state index in [1.54, 1.807) is 0 Å². The second-order valence-corrected chi connectivity index (χ2v) is 7.53. The van der Waals surface area contributed by atoms with E-state index >= 15 is 0 Å². The summed E-state index contributed by atoms with van der Waals surface area (Å²) in [4.78, 5) is 15.9. The van der Waals surface area contributed by atoms with Crippen molar-refractivity contribution in [3.63, 3.8) is 0 Å². The third-order valence-corrected chi connectivity index (χ3v) is 4.59. The Morgan fingerprint density at radius 1 is 1.41 bits per heavy atom. The van der Waals surface area contributed by atoms with Gasteiger partial charge in [0.25, 0.3) is 0 Å². The Hall–Kier alpha value is -1.84. The van der Waals surface area contributed by atoms with Crippen LogP contribution in [0.4, 0.5) is 0 Å². The van der Waals surface area contributed by atoms with E-state index in [0.717, 1.165) is 35.3 Å². The van der Waals surface area contributed by atoms with E-state index in [0.29, 0.717) is 5.92 Å². The summed E-state index contributed by atoms with van der Waals surface area (Å²) in [5, 5.41) is 9.17. The summed E-state index contributed by atoms with van der Waals surface area (Å²) < 4.78 is 2.14. The highest BCUT2D eigenvalue weighted by Crippen LogP contribution is 2.45. The number of carboxylic acids is 1. The predicted octanol–water partition coefficient (Wildman–Crippen LogP) is 3.84. The van der Waals surface area contributed by atoms with Gasteiger partial charge in [0.15, 0.2) is 0 Å². The molecule has 3 rings (SSSR count). The first kappa shape index (κ1) is 15.1. The highest BCUT2D eigenvalue weighted by molar-refractivity contribution is 5.78. The molecule has 2 aromatic rings. The third kappa shape index (κ3) is 2.74. The van der Waals surface area contributed by atoms with E-state index in [2.05, 4.69) is 43.5 Å². The Morgan fingerprint density at radius 2 is 2.09 bits per heavy atom. The molecule has 0 aliphatic heterocycles. The van der Waals surface area contributed by atoms with Crippen LogP contribution in [0.25, 0.3) is 11.0 Å². The van der Waals surface area contributed by atoms with Crippen LogP contribution in [0, 0.1) is 5.92 Å². The van der Waals surface area contributed by atoms with Crippen LogP contribution in [0.1, 0.15) is 57.3 Å². The van der Waals surface area contributed by atoms with Gasteiger partial charge in [-0.25, -0.2) is 4.98 Å². The fraction of sp³-hybridized carbons (Fsp3) is 0.556. The van der Waals surface area contributed by atoms with Crippen molar-refractivity contribution in [2.75, 3.05) is 0 Å². The maximum Gasteiger partial charge on any atom is 0.303 e. The summed E-state index contributed by atoms with van der Waals surface area (Å²) in [6.45, 7) is 6.48. The van der Waals surface area contributed by atoms with Gasteiger partial charge in [-0.1, -0.05) is 26.8 Å². The molecule has 118 valence electrons. The second kappa shape index (κ2) is 5.11. The molecule has 1 heterocycles. The lowest BCUT2D eigenvalue weighted by Crippen LogP contribution is -2.17. The van der Waals surface area contributed by atoms with Crippen LogP contribution in [-0.4, -0.2) is 20.6 Å². The molecule has 1 aromatic heterocycles. The van der Waals surface area contributed by atoms with Gasteiger partial charge in [0.05, 0.1) is 17.5 Å². The number of carboxylic acid groups (broad SMARTS) is 1. The number of aliphatic carboxylic acids is 1. The smallest absolute Gasteiger partial charge is 0.303 e. The molecule has 0 amide bonds. The molecule has 1 fully saturated rings. The van der Waals surface area contributed by atoms with Gasteiger partial charge in [0.1, 0.15) is 5.82 Å². The molecule has 1 aliphatic carbocycles. The first-order chi connectivity index (χ1) is 10.3. The van der Waals surface area contributed by atoms with E-state index < -0.39 is 5.97 Å². The maximum atomic E-state index is 11.1. The van der Waals surface area contributed by atoms with Crippen molar-refractivity contribution in [2.24, 2.45) is 13.0 Å². The fourth-order valence-corrected chi connectivity index (χ4v) is 3.36. The number of hydrogen-bond acceptors (Lipinski definition) is 2. The number of hydrogen-bond donors (Lipinski definition) is 1. The lowest BCUT2D eigenvalue weighted by atomic mass is 9.91. The van der Waals surface area contributed by atoms with Crippen molar-refractivity contribution in [1.29, 1.82) is 0 Å². The maximum absolute atomic E-state index is 11.1. The molecule has 0 bridgehead atoms. The van der Waals surface area contributed by atoms with Crippen molar-refractivity contribution in [2.45, 2.75) is 51.4 Å².